The number of rotatable bonds is 7. The molecule has 0 radical (unpaired) electrons. The number of carbonyl (C=O) groups excluding carboxylic acids is 2. The Hall–Kier alpha value is -4.61. The number of alkyl halides is 3. The molecule has 2 amide bonds. The van der Waals surface area contributed by atoms with Gasteiger partial charge in [0.25, 0.3) is 12.3 Å². The summed E-state index contributed by atoms with van der Waals surface area (Å²) in [6.45, 7) is 1.42. The van der Waals surface area contributed by atoms with Crippen LogP contribution in [0.5, 0.6) is 5.75 Å². The van der Waals surface area contributed by atoms with Crippen molar-refractivity contribution in [2.45, 2.75) is 31.5 Å². The summed E-state index contributed by atoms with van der Waals surface area (Å²) < 4.78 is 88.0. The van der Waals surface area contributed by atoms with Crippen LogP contribution in [-0.2, 0) is 23.7 Å². The summed E-state index contributed by atoms with van der Waals surface area (Å²) in [5, 5.41) is 0. The van der Waals surface area contributed by atoms with Gasteiger partial charge in [0.1, 0.15) is 11.6 Å². The molecule has 2 unspecified atom stereocenters. The molecule has 0 fully saturated rings. The largest absolute Gasteiger partial charge is 0.454 e. The second-order valence-corrected chi connectivity index (χ2v) is 9.80. The number of halogens is 6. The average molecular weight is 573 g/mol. The number of ether oxygens (including phenoxy) is 1. The zero-order valence-corrected chi connectivity index (χ0v) is 21.5. The number of nitrogens with zero attached hydrogens (tertiary/aromatic N) is 3. The molecule has 2 atom stereocenters. The number of benzene rings is 3. The Morgan fingerprint density at radius 2 is 1.71 bits per heavy atom. The van der Waals surface area contributed by atoms with Gasteiger partial charge < -0.3 is 9.30 Å². The van der Waals surface area contributed by atoms with Crippen LogP contribution in [0.15, 0.2) is 67.1 Å². The number of aryl methyl sites for hydroxylation is 1. The molecular formula is C29H21F6N3O3. The van der Waals surface area contributed by atoms with Gasteiger partial charge in [-0.1, -0.05) is 18.2 Å². The van der Waals surface area contributed by atoms with Gasteiger partial charge in [0.15, 0.2) is 17.5 Å². The third-order valence-corrected chi connectivity index (χ3v) is 6.87. The van der Waals surface area contributed by atoms with Gasteiger partial charge in [-0.25, -0.2) is 31.8 Å². The fraction of sp³-hybridized carbons (Fsp3) is 0.207. The zero-order chi connectivity index (χ0) is 29.6. The average Bonchev–Trinajstić information content (AvgIpc) is 3.36. The van der Waals surface area contributed by atoms with Crippen molar-refractivity contribution in [3.05, 3.63) is 101 Å². The predicted octanol–water partition coefficient (Wildman–Crippen LogP) is 6.13. The molecule has 0 bridgehead atoms. The van der Waals surface area contributed by atoms with Crippen molar-refractivity contribution in [3.8, 4) is 16.9 Å². The molecule has 0 aliphatic carbocycles. The van der Waals surface area contributed by atoms with E-state index in [2.05, 4.69) is 9.72 Å². The first-order chi connectivity index (χ1) is 19.4. The standard InChI is InChI=1S/C29H21F6N3O3/c1-29(12-17-8-18(30)11-22(31)24(17)32)21-10-16(15-4-3-5-19(9-15)41-26(35)25(33)34)6-7-20(21)27(39)38(28(29)40)23-13-37(2)14-36-23/h3-11,13-14,25-26H,12H2,1-2H3. The van der Waals surface area contributed by atoms with Gasteiger partial charge in [-0.3, -0.25) is 9.59 Å². The molecule has 3 aromatic carbocycles. The highest BCUT2D eigenvalue weighted by molar-refractivity contribution is 6.27. The summed E-state index contributed by atoms with van der Waals surface area (Å²) in [6, 6.07) is 11.1. The van der Waals surface area contributed by atoms with Crippen molar-refractivity contribution in [1.82, 2.24) is 9.55 Å². The van der Waals surface area contributed by atoms with Crippen molar-refractivity contribution in [2.75, 3.05) is 4.90 Å². The Labute approximate surface area is 229 Å². The van der Waals surface area contributed by atoms with E-state index in [1.807, 2.05) is 0 Å². The van der Waals surface area contributed by atoms with Crippen LogP contribution in [0, 0.1) is 17.5 Å². The lowest BCUT2D eigenvalue weighted by molar-refractivity contribution is -0.123. The lowest BCUT2D eigenvalue weighted by Gasteiger charge is -2.39. The van der Waals surface area contributed by atoms with E-state index in [0.29, 0.717) is 17.2 Å². The fourth-order valence-electron chi connectivity index (χ4n) is 4.88. The minimum absolute atomic E-state index is 0.000923. The highest BCUT2D eigenvalue weighted by Crippen LogP contribution is 2.42. The molecule has 212 valence electrons. The molecular weight excluding hydrogens is 552 g/mol. The second-order valence-electron chi connectivity index (χ2n) is 9.80. The first-order valence-electron chi connectivity index (χ1n) is 12.2. The third-order valence-electron chi connectivity index (χ3n) is 6.87. The summed E-state index contributed by atoms with van der Waals surface area (Å²) in [4.78, 5) is 32.5. The van der Waals surface area contributed by atoms with E-state index in [1.165, 1.54) is 60.4 Å². The Kier molecular flexibility index (Phi) is 7.10. The first-order valence-corrected chi connectivity index (χ1v) is 12.2. The van der Waals surface area contributed by atoms with Crippen LogP contribution in [0.1, 0.15) is 28.4 Å². The van der Waals surface area contributed by atoms with E-state index in [1.54, 1.807) is 13.1 Å². The van der Waals surface area contributed by atoms with Crippen LogP contribution < -0.4 is 9.64 Å². The van der Waals surface area contributed by atoms with E-state index in [4.69, 9.17) is 0 Å². The Bertz CT molecular complexity index is 1670. The van der Waals surface area contributed by atoms with Crippen molar-refractivity contribution < 1.29 is 40.7 Å². The van der Waals surface area contributed by atoms with Gasteiger partial charge in [0.05, 0.1) is 11.7 Å². The lowest BCUT2D eigenvalue weighted by atomic mass is 9.71. The summed E-state index contributed by atoms with van der Waals surface area (Å²) in [5.74, 6) is -5.57. The van der Waals surface area contributed by atoms with Gasteiger partial charge in [0.2, 0.25) is 5.91 Å². The molecule has 1 aliphatic heterocycles. The summed E-state index contributed by atoms with van der Waals surface area (Å²) in [6.07, 6.45) is -3.94. The zero-order valence-electron chi connectivity index (χ0n) is 21.5. The molecule has 0 spiro atoms. The normalized spacial score (nSPS) is 17.6. The second kappa shape index (κ2) is 10.4. The van der Waals surface area contributed by atoms with E-state index in [9.17, 15) is 35.9 Å². The number of imidazole rings is 1. The number of anilines is 1. The SMILES string of the molecule is Cn1cnc(N2C(=O)c3ccc(-c4cccc(OC(F)C(F)F)c4)cc3C(C)(Cc3cc(F)cc(F)c3F)C2=O)c1. The molecule has 4 aromatic rings. The molecule has 12 heteroatoms. The first kappa shape index (κ1) is 27.9. The Morgan fingerprint density at radius 3 is 2.39 bits per heavy atom. The van der Waals surface area contributed by atoms with Crippen LogP contribution in [0.2, 0.25) is 0 Å². The molecule has 0 N–H and O–H groups in total. The van der Waals surface area contributed by atoms with Gasteiger partial charge in [-0.2, -0.15) is 4.39 Å². The Morgan fingerprint density at radius 1 is 0.976 bits per heavy atom. The number of fused-ring (bicyclic) bond motifs is 1. The van der Waals surface area contributed by atoms with Crippen LogP contribution in [-0.4, -0.2) is 34.1 Å². The van der Waals surface area contributed by atoms with Crippen LogP contribution in [0.4, 0.5) is 32.2 Å². The molecule has 0 saturated carbocycles. The fourth-order valence-corrected chi connectivity index (χ4v) is 4.88. The van der Waals surface area contributed by atoms with Crippen LogP contribution >= 0.6 is 0 Å². The smallest absolute Gasteiger partial charge is 0.304 e. The molecule has 1 aromatic heterocycles. The highest BCUT2D eigenvalue weighted by atomic mass is 19.3. The number of hydrogen-bond acceptors (Lipinski definition) is 4. The maximum atomic E-state index is 14.8. The minimum Gasteiger partial charge on any atom is -0.454 e. The van der Waals surface area contributed by atoms with Crippen molar-refractivity contribution in [1.29, 1.82) is 0 Å². The van der Waals surface area contributed by atoms with Gasteiger partial charge in [-0.15, -0.1) is 0 Å². The molecule has 0 saturated heterocycles. The number of carbonyl (C=O) groups is 2. The van der Waals surface area contributed by atoms with Crippen molar-refractivity contribution in [3.63, 3.8) is 0 Å². The maximum Gasteiger partial charge on any atom is 0.304 e. The monoisotopic (exact) mass is 573 g/mol. The number of aromatic nitrogens is 2. The molecule has 1 aliphatic rings. The molecule has 5 rings (SSSR count). The lowest BCUT2D eigenvalue weighted by Crippen LogP contribution is -2.54. The minimum atomic E-state index is -3.37. The van der Waals surface area contributed by atoms with Gasteiger partial charge >= 0.3 is 6.43 Å². The van der Waals surface area contributed by atoms with Crippen LogP contribution in [0.25, 0.3) is 11.1 Å². The Balaban J connectivity index is 1.66. The van der Waals surface area contributed by atoms with E-state index in [0.717, 1.165) is 11.0 Å². The third kappa shape index (κ3) is 5.05. The summed E-state index contributed by atoms with van der Waals surface area (Å²) in [5.41, 5.74) is -1.24. The van der Waals surface area contributed by atoms with E-state index in [-0.39, 0.29) is 22.7 Å². The molecule has 6 nitrogen and oxygen atoms in total. The predicted molar refractivity (Wildman–Crippen MR) is 136 cm³/mol. The highest BCUT2D eigenvalue weighted by Gasteiger charge is 2.49. The molecule has 2 heterocycles. The number of amides is 2. The van der Waals surface area contributed by atoms with Gasteiger partial charge in [0, 0.05) is 24.9 Å². The van der Waals surface area contributed by atoms with Gasteiger partial charge in [-0.05, 0) is 65.9 Å². The topological polar surface area (TPSA) is 64.4 Å². The van der Waals surface area contributed by atoms with Crippen molar-refractivity contribution in [2.24, 2.45) is 7.05 Å². The van der Waals surface area contributed by atoms with Crippen molar-refractivity contribution >= 4 is 17.6 Å². The number of imide groups is 1. The quantitative estimate of drug-likeness (QED) is 0.152. The maximum absolute atomic E-state index is 14.8. The molecule has 41 heavy (non-hydrogen) atoms. The summed E-state index contributed by atoms with van der Waals surface area (Å²) >= 11 is 0. The number of hydrogen-bond donors (Lipinski definition) is 0. The van der Waals surface area contributed by atoms with Crippen LogP contribution in [0.3, 0.4) is 0 Å². The van der Waals surface area contributed by atoms with E-state index >= 15 is 0 Å². The van der Waals surface area contributed by atoms with E-state index < -0.39 is 59.4 Å². The summed E-state index contributed by atoms with van der Waals surface area (Å²) in [7, 11) is 1.63.